The molecule has 0 spiro atoms. The zero-order chi connectivity index (χ0) is 27.5. The van der Waals surface area contributed by atoms with E-state index in [0.717, 1.165) is 6.92 Å². The molecule has 0 aliphatic carbocycles. The number of esters is 1. The number of nitrogens with two attached hydrogens (primary N) is 1. The van der Waals surface area contributed by atoms with E-state index in [4.69, 9.17) is 24.3 Å². The number of aliphatic hydroxyl groups excluding tert-OH is 1. The van der Waals surface area contributed by atoms with Crippen molar-refractivity contribution in [2.75, 3.05) is 12.3 Å². The van der Waals surface area contributed by atoms with Gasteiger partial charge in [0.15, 0.2) is 17.9 Å². The van der Waals surface area contributed by atoms with Gasteiger partial charge in [-0.3, -0.25) is 13.9 Å². The Morgan fingerprint density at radius 2 is 2.00 bits per heavy atom. The van der Waals surface area contributed by atoms with Gasteiger partial charge >= 0.3 is 19.4 Å². The van der Waals surface area contributed by atoms with E-state index in [9.17, 15) is 28.8 Å². The van der Waals surface area contributed by atoms with Gasteiger partial charge in [-0.2, -0.15) is 10.1 Å². The third kappa shape index (κ3) is 6.72. The Labute approximate surface area is 211 Å². The number of halogens is 1. The summed E-state index contributed by atoms with van der Waals surface area (Å²) in [6, 6.07) is 6.84. The fourth-order valence-corrected chi connectivity index (χ4v) is 5.01. The highest BCUT2D eigenvalue weighted by Gasteiger charge is 2.54. The smallest absolute Gasteiger partial charge is 0.459 e. The Morgan fingerprint density at radius 3 is 2.62 bits per heavy atom. The molecule has 1 aliphatic rings. The Balaban J connectivity index is 1.81. The van der Waals surface area contributed by atoms with Crippen LogP contribution in [0.1, 0.15) is 33.9 Å². The third-order valence-electron chi connectivity index (χ3n) is 5.38. The first-order valence-electron chi connectivity index (χ1n) is 11.3. The maximum absolute atomic E-state index is 14.0. The van der Waals surface area contributed by atoms with Gasteiger partial charge < -0.3 is 29.9 Å². The number of nitrogens with zero attached hydrogens (tertiary/aromatic N) is 2. The van der Waals surface area contributed by atoms with Crippen molar-refractivity contribution in [3.8, 4) is 5.75 Å². The molecule has 2 heterocycles. The lowest BCUT2D eigenvalue weighted by molar-refractivity contribution is -0.149. The molecule has 0 amide bonds. The lowest BCUT2D eigenvalue weighted by Gasteiger charge is -2.27. The van der Waals surface area contributed by atoms with Gasteiger partial charge in [-0.05, 0) is 39.8 Å². The molecule has 1 aliphatic heterocycles. The van der Waals surface area contributed by atoms with Gasteiger partial charge in [-0.15, -0.1) is 0 Å². The molecule has 1 fully saturated rings. The van der Waals surface area contributed by atoms with Gasteiger partial charge in [0.2, 0.25) is 0 Å². The summed E-state index contributed by atoms with van der Waals surface area (Å²) in [4.78, 5) is 27.8. The normalized spacial score (nSPS) is 26.0. The summed E-state index contributed by atoms with van der Waals surface area (Å²) in [5.74, 6) is -2.25. The minimum Gasteiger partial charge on any atom is -0.462 e. The van der Waals surface area contributed by atoms with Crippen LogP contribution in [0.25, 0.3) is 0 Å². The lowest BCUT2D eigenvalue weighted by Crippen LogP contribution is -2.46. The van der Waals surface area contributed by atoms with Crippen LogP contribution in [0.4, 0.5) is 10.2 Å². The Bertz CT molecular complexity index is 1210. The van der Waals surface area contributed by atoms with Crippen LogP contribution in [0.3, 0.4) is 0 Å². The molecule has 5 N–H and O–H groups in total. The van der Waals surface area contributed by atoms with Crippen LogP contribution >= 0.6 is 7.75 Å². The van der Waals surface area contributed by atoms with Crippen molar-refractivity contribution >= 4 is 19.5 Å². The summed E-state index contributed by atoms with van der Waals surface area (Å²) in [5.41, 5.74) is 2.15. The van der Waals surface area contributed by atoms with Crippen molar-refractivity contribution in [2.24, 2.45) is 0 Å². The summed E-state index contributed by atoms with van der Waals surface area (Å²) in [6.07, 6.45) is -4.37. The van der Waals surface area contributed by atoms with E-state index in [0.29, 0.717) is 10.8 Å². The van der Waals surface area contributed by atoms with Crippen LogP contribution in [0, 0.1) is 5.82 Å². The number of para-hydroxylation sites is 1. The zero-order valence-electron chi connectivity index (χ0n) is 20.6. The monoisotopic (exact) mass is 544 g/mol. The number of nitrogen functional groups attached to an aromatic ring is 1. The van der Waals surface area contributed by atoms with Crippen molar-refractivity contribution in [3.05, 3.63) is 52.8 Å². The van der Waals surface area contributed by atoms with E-state index in [1.807, 2.05) is 0 Å². The standard InChI is InChI=1S/C22H30FN4O9P/c1-12(2)34-19(29)13(3)26-37(32,36-14-8-6-5-7-9-14)33-11-16-17(28)22(4,31)20(35-16)27-10-15(23)18(24)25-21(27)30/h5-10,12-13,16-17,20,28,31H,11H2,1-4H3,(H,26,32)(H2,24,25,30)/t13-,16-,17-,20-,22-,37-/m1/s1. The van der Waals surface area contributed by atoms with Crippen molar-refractivity contribution < 1.29 is 42.5 Å². The first-order chi connectivity index (χ1) is 17.2. The number of aromatic nitrogens is 2. The Morgan fingerprint density at radius 1 is 1.35 bits per heavy atom. The summed E-state index contributed by atoms with van der Waals surface area (Å²) in [6.45, 7) is 5.22. The molecule has 3 rings (SSSR count). The summed E-state index contributed by atoms with van der Waals surface area (Å²) in [5, 5.41) is 24.0. The molecule has 13 nitrogen and oxygen atoms in total. The molecule has 0 bridgehead atoms. The summed E-state index contributed by atoms with van der Waals surface area (Å²) < 4.78 is 49.9. The molecule has 2 aromatic rings. The largest absolute Gasteiger partial charge is 0.462 e. The van der Waals surface area contributed by atoms with Gasteiger partial charge in [0.1, 0.15) is 29.6 Å². The number of carbonyl (C=O) groups is 1. The maximum atomic E-state index is 14.0. The number of hydrogen-bond donors (Lipinski definition) is 4. The van der Waals surface area contributed by atoms with Crippen molar-refractivity contribution in [3.63, 3.8) is 0 Å². The number of anilines is 1. The number of nitrogens with one attached hydrogen (secondary N) is 1. The van der Waals surface area contributed by atoms with Gasteiger partial charge in [-0.25, -0.2) is 13.8 Å². The highest BCUT2D eigenvalue weighted by atomic mass is 31.2. The van der Waals surface area contributed by atoms with Crippen molar-refractivity contribution in [1.29, 1.82) is 0 Å². The number of carbonyl (C=O) groups excluding carboxylic acids is 1. The first kappa shape index (κ1) is 28.7. The van der Waals surface area contributed by atoms with E-state index in [-0.39, 0.29) is 5.75 Å². The highest BCUT2D eigenvalue weighted by Crippen LogP contribution is 2.47. The van der Waals surface area contributed by atoms with Crippen LogP contribution < -0.4 is 21.0 Å². The minimum absolute atomic E-state index is 0.149. The fourth-order valence-electron chi connectivity index (χ4n) is 3.51. The van der Waals surface area contributed by atoms with E-state index in [1.54, 1.807) is 32.0 Å². The van der Waals surface area contributed by atoms with Crippen molar-refractivity contribution in [2.45, 2.75) is 63.9 Å². The van der Waals surface area contributed by atoms with Crippen LogP contribution in [0.2, 0.25) is 0 Å². The second-order valence-corrected chi connectivity index (χ2v) is 10.6. The third-order valence-corrected chi connectivity index (χ3v) is 7.02. The number of aliphatic hydroxyl groups is 2. The molecule has 1 aromatic heterocycles. The molecular formula is C22H30FN4O9P. The van der Waals surface area contributed by atoms with E-state index < -0.39 is 73.8 Å². The Hall–Kier alpha value is -2.87. The molecule has 6 atom stereocenters. The van der Waals surface area contributed by atoms with Gasteiger partial charge in [0.25, 0.3) is 0 Å². The zero-order valence-corrected chi connectivity index (χ0v) is 21.5. The lowest BCUT2D eigenvalue weighted by atomic mass is 9.96. The van der Waals surface area contributed by atoms with Crippen LogP contribution in [-0.4, -0.2) is 62.3 Å². The Kier molecular flexibility index (Phi) is 8.73. The quantitative estimate of drug-likeness (QED) is 0.247. The van der Waals surface area contributed by atoms with E-state index in [1.165, 1.54) is 19.1 Å². The van der Waals surface area contributed by atoms with Crippen LogP contribution in [-0.2, 0) is 23.4 Å². The summed E-state index contributed by atoms with van der Waals surface area (Å²) in [7, 11) is -4.31. The second kappa shape index (κ2) is 11.3. The number of hydrogen-bond acceptors (Lipinski definition) is 11. The molecule has 0 unspecified atom stereocenters. The molecule has 0 saturated carbocycles. The van der Waals surface area contributed by atoms with Crippen molar-refractivity contribution in [1.82, 2.24) is 14.6 Å². The topological polar surface area (TPSA) is 184 Å². The van der Waals surface area contributed by atoms with Crippen LogP contribution in [0.5, 0.6) is 5.75 Å². The average molecular weight is 544 g/mol. The first-order valence-corrected chi connectivity index (χ1v) is 12.9. The minimum atomic E-state index is -4.31. The maximum Gasteiger partial charge on any atom is 0.459 e. The molecule has 204 valence electrons. The highest BCUT2D eigenvalue weighted by molar-refractivity contribution is 7.52. The molecule has 1 aromatic carbocycles. The molecule has 37 heavy (non-hydrogen) atoms. The van der Waals surface area contributed by atoms with E-state index >= 15 is 0 Å². The fraction of sp³-hybridized carbons (Fsp3) is 0.500. The predicted molar refractivity (Wildman–Crippen MR) is 128 cm³/mol. The molecule has 0 radical (unpaired) electrons. The van der Waals surface area contributed by atoms with Gasteiger partial charge in [0.05, 0.1) is 18.9 Å². The predicted octanol–water partition coefficient (Wildman–Crippen LogP) is 1.11. The molecular weight excluding hydrogens is 514 g/mol. The van der Waals surface area contributed by atoms with Gasteiger partial charge in [0, 0.05) is 0 Å². The average Bonchev–Trinajstić information content (AvgIpc) is 3.03. The van der Waals surface area contributed by atoms with E-state index in [2.05, 4.69) is 10.1 Å². The molecule has 1 saturated heterocycles. The second-order valence-electron chi connectivity index (χ2n) is 8.90. The number of benzene rings is 1. The van der Waals surface area contributed by atoms with Crippen LogP contribution in [0.15, 0.2) is 41.3 Å². The summed E-state index contributed by atoms with van der Waals surface area (Å²) >= 11 is 0. The van der Waals surface area contributed by atoms with Gasteiger partial charge in [-0.1, -0.05) is 18.2 Å². The number of rotatable bonds is 10. The SMILES string of the molecule is CC(C)OC(=O)[C@@H](C)N[P@@](=O)(OC[C@H]1O[C@@H](n2cc(F)c(N)nc2=O)[C@](C)(O)[C@@H]1O)Oc1ccccc1. The number of ether oxygens (including phenoxy) is 2. The molecule has 15 heteroatoms.